The van der Waals surface area contributed by atoms with Gasteiger partial charge >= 0.3 is 6.09 Å². The average Bonchev–Trinajstić information content (AvgIpc) is 2.83. The van der Waals surface area contributed by atoms with Gasteiger partial charge in [0, 0.05) is 38.5 Å². The van der Waals surface area contributed by atoms with Crippen LogP contribution in [0.3, 0.4) is 0 Å². The van der Waals surface area contributed by atoms with Crippen molar-refractivity contribution in [1.29, 1.82) is 0 Å². The van der Waals surface area contributed by atoms with Gasteiger partial charge in [0.05, 0.1) is 0 Å². The highest BCUT2D eigenvalue weighted by molar-refractivity contribution is 5.77. The molecule has 3 aliphatic rings. The van der Waals surface area contributed by atoms with Crippen LogP contribution in [-0.2, 0) is 9.53 Å². The van der Waals surface area contributed by atoms with Crippen molar-refractivity contribution in [3.8, 4) is 0 Å². The molecule has 2 heterocycles. The number of hydrogen-bond acceptors (Lipinski definition) is 3. The molecular formula is C18H28N2O3. The van der Waals surface area contributed by atoms with Crippen molar-refractivity contribution in [2.24, 2.45) is 17.8 Å². The van der Waals surface area contributed by atoms with E-state index in [0.717, 1.165) is 25.9 Å². The predicted octanol–water partition coefficient (Wildman–Crippen LogP) is 2.67. The second-order valence-electron chi connectivity index (χ2n) is 8.22. The number of carbonyl (C=O) groups excluding carboxylic acids is 2. The molecule has 0 unspecified atom stereocenters. The van der Waals surface area contributed by atoms with Gasteiger partial charge < -0.3 is 14.5 Å². The molecule has 2 fully saturated rings. The Morgan fingerprint density at radius 3 is 2.09 bits per heavy atom. The summed E-state index contributed by atoms with van der Waals surface area (Å²) in [4.78, 5) is 28.1. The predicted molar refractivity (Wildman–Crippen MR) is 87.8 cm³/mol. The summed E-state index contributed by atoms with van der Waals surface area (Å²) >= 11 is 0. The summed E-state index contributed by atoms with van der Waals surface area (Å²) < 4.78 is 5.34. The van der Waals surface area contributed by atoms with Crippen LogP contribution >= 0.6 is 0 Å². The highest BCUT2D eigenvalue weighted by Gasteiger charge is 2.39. The summed E-state index contributed by atoms with van der Waals surface area (Å²) in [5, 5.41) is 0. The molecule has 0 spiro atoms. The zero-order chi connectivity index (χ0) is 16.6. The van der Waals surface area contributed by atoms with Crippen LogP contribution in [0, 0.1) is 17.8 Å². The Kier molecular flexibility index (Phi) is 4.39. The Morgan fingerprint density at radius 1 is 1.00 bits per heavy atom. The number of hydrogen-bond donors (Lipinski definition) is 0. The minimum absolute atomic E-state index is 0.258. The van der Waals surface area contributed by atoms with E-state index in [1.807, 2.05) is 25.7 Å². The van der Waals surface area contributed by atoms with E-state index in [1.54, 1.807) is 4.90 Å². The molecule has 0 radical (unpaired) electrons. The third-order valence-corrected chi connectivity index (χ3v) is 5.05. The van der Waals surface area contributed by atoms with E-state index in [0.29, 0.717) is 31.3 Å². The van der Waals surface area contributed by atoms with Gasteiger partial charge in [0.2, 0.25) is 5.91 Å². The Hall–Kier alpha value is -1.52. The monoisotopic (exact) mass is 320 g/mol. The van der Waals surface area contributed by atoms with Gasteiger partial charge in [-0.1, -0.05) is 12.2 Å². The molecule has 2 amide bonds. The Labute approximate surface area is 138 Å². The molecule has 2 aliphatic heterocycles. The number of carbonyl (C=O) groups is 2. The van der Waals surface area contributed by atoms with Crippen molar-refractivity contribution < 1.29 is 14.3 Å². The average molecular weight is 320 g/mol. The molecule has 128 valence electrons. The number of allylic oxidation sites excluding steroid dienone is 2. The first-order valence-electron chi connectivity index (χ1n) is 8.72. The van der Waals surface area contributed by atoms with Gasteiger partial charge in [-0.05, 0) is 45.4 Å². The molecule has 0 N–H and O–H groups in total. The number of fused-ring (bicyclic) bond motifs is 1. The quantitative estimate of drug-likeness (QED) is 0.735. The number of ether oxygens (including phenoxy) is 1. The topological polar surface area (TPSA) is 49.9 Å². The van der Waals surface area contributed by atoms with Crippen LogP contribution < -0.4 is 0 Å². The lowest BCUT2D eigenvalue weighted by Gasteiger charge is -2.40. The molecule has 2 saturated heterocycles. The second-order valence-corrected chi connectivity index (χ2v) is 8.22. The summed E-state index contributed by atoms with van der Waals surface area (Å²) in [7, 11) is 0. The van der Waals surface area contributed by atoms with E-state index in [-0.39, 0.29) is 17.9 Å². The minimum atomic E-state index is -0.460. The fourth-order valence-electron chi connectivity index (χ4n) is 3.77. The van der Waals surface area contributed by atoms with Crippen LogP contribution in [0.15, 0.2) is 12.2 Å². The minimum Gasteiger partial charge on any atom is -0.444 e. The lowest BCUT2D eigenvalue weighted by Crippen LogP contribution is -2.52. The maximum Gasteiger partial charge on any atom is 0.410 e. The van der Waals surface area contributed by atoms with Crippen molar-refractivity contribution in [2.45, 2.75) is 45.6 Å². The zero-order valence-electron chi connectivity index (χ0n) is 14.5. The van der Waals surface area contributed by atoms with E-state index in [4.69, 9.17) is 4.74 Å². The van der Waals surface area contributed by atoms with E-state index in [9.17, 15) is 9.59 Å². The molecule has 0 aromatic carbocycles. The molecule has 2 atom stereocenters. The normalized spacial score (nSPS) is 27.6. The molecule has 0 aromatic heterocycles. The third kappa shape index (κ3) is 3.88. The summed E-state index contributed by atoms with van der Waals surface area (Å²) in [5.74, 6) is 1.86. The fourth-order valence-corrected chi connectivity index (χ4v) is 3.77. The Morgan fingerprint density at radius 2 is 1.57 bits per heavy atom. The maximum absolute atomic E-state index is 12.5. The fraction of sp³-hybridized carbons (Fsp3) is 0.778. The van der Waals surface area contributed by atoms with Gasteiger partial charge in [-0.15, -0.1) is 0 Å². The Bertz CT molecular complexity index is 487. The lowest BCUT2D eigenvalue weighted by atomic mass is 9.86. The number of likely N-dealkylation sites (tertiary alicyclic amines) is 2. The largest absolute Gasteiger partial charge is 0.444 e. The van der Waals surface area contributed by atoms with E-state index in [2.05, 4.69) is 12.2 Å². The third-order valence-electron chi connectivity index (χ3n) is 5.05. The molecule has 0 saturated carbocycles. The molecule has 1 aliphatic carbocycles. The van der Waals surface area contributed by atoms with E-state index < -0.39 is 5.60 Å². The van der Waals surface area contributed by atoms with E-state index >= 15 is 0 Å². The first-order valence-corrected chi connectivity index (χ1v) is 8.72. The van der Waals surface area contributed by atoms with Crippen molar-refractivity contribution in [2.75, 3.05) is 26.2 Å². The number of rotatable bonds is 2. The van der Waals surface area contributed by atoms with Crippen molar-refractivity contribution in [3.05, 3.63) is 12.2 Å². The van der Waals surface area contributed by atoms with Crippen LogP contribution in [0.1, 0.15) is 40.0 Å². The molecule has 0 bridgehead atoms. The summed E-state index contributed by atoms with van der Waals surface area (Å²) in [6.45, 7) is 8.71. The van der Waals surface area contributed by atoms with Gasteiger partial charge in [-0.25, -0.2) is 4.79 Å². The molecule has 0 aromatic rings. The van der Waals surface area contributed by atoms with Crippen LogP contribution in [0.4, 0.5) is 4.79 Å². The lowest BCUT2D eigenvalue weighted by molar-refractivity contribution is -0.132. The van der Waals surface area contributed by atoms with Gasteiger partial charge in [-0.2, -0.15) is 0 Å². The van der Waals surface area contributed by atoms with Crippen LogP contribution in [0.5, 0.6) is 0 Å². The van der Waals surface area contributed by atoms with Gasteiger partial charge in [0.1, 0.15) is 5.60 Å². The summed E-state index contributed by atoms with van der Waals surface area (Å²) in [5.41, 5.74) is -0.460. The Balaban J connectivity index is 1.40. The molecule has 3 rings (SSSR count). The standard InChI is InChI=1S/C18H28N2O3/c1-18(2,3)23-17(22)20-9-13(10-20)8-16(21)19-11-14-6-4-5-7-15(14)12-19/h4-5,13-15H,6-12H2,1-3H3/t14-,15+. The van der Waals surface area contributed by atoms with Crippen LogP contribution in [0.25, 0.3) is 0 Å². The zero-order valence-corrected chi connectivity index (χ0v) is 14.5. The van der Waals surface area contributed by atoms with Crippen molar-refractivity contribution >= 4 is 12.0 Å². The van der Waals surface area contributed by atoms with Crippen LogP contribution in [-0.4, -0.2) is 53.6 Å². The smallest absolute Gasteiger partial charge is 0.410 e. The maximum atomic E-state index is 12.5. The highest BCUT2D eigenvalue weighted by Crippen LogP contribution is 2.33. The van der Waals surface area contributed by atoms with Crippen molar-refractivity contribution in [3.63, 3.8) is 0 Å². The second kappa shape index (κ2) is 6.17. The summed E-state index contributed by atoms with van der Waals surface area (Å²) in [6, 6.07) is 0. The van der Waals surface area contributed by atoms with E-state index in [1.165, 1.54) is 0 Å². The van der Waals surface area contributed by atoms with Gasteiger partial charge in [-0.3, -0.25) is 4.79 Å². The first kappa shape index (κ1) is 16.3. The first-order chi connectivity index (χ1) is 10.8. The van der Waals surface area contributed by atoms with Gasteiger partial charge in [0.15, 0.2) is 0 Å². The van der Waals surface area contributed by atoms with Crippen molar-refractivity contribution in [1.82, 2.24) is 9.80 Å². The SMILES string of the molecule is CC(C)(C)OC(=O)N1CC(CC(=O)N2C[C@H]3CC=CC[C@H]3C2)C1. The highest BCUT2D eigenvalue weighted by atomic mass is 16.6. The summed E-state index contributed by atoms with van der Waals surface area (Å²) in [6.07, 6.45) is 7.03. The number of amides is 2. The molecule has 5 nitrogen and oxygen atoms in total. The molecule has 23 heavy (non-hydrogen) atoms. The number of nitrogens with zero attached hydrogens (tertiary/aromatic N) is 2. The molecule has 5 heteroatoms. The van der Waals surface area contributed by atoms with Crippen LogP contribution in [0.2, 0.25) is 0 Å². The molecular weight excluding hydrogens is 292 g/mol. The van der Waals surface area contributed by atoms with Gasteiger partial charge in [0.25, 0.3) is 0 Å².